The number of fused-ring (bicyclic) bond motifs is 3. The van der Waals surface area contributed by atoms with E-state index in [1.165, 1.54) is 8.28 Å². The topological polar surface area (TPSA) is 76.5 Å². The highest BCUT2D eigenvalue weighted by molar-refractivity contribution is 7.90. The van der Waals surface area contributed by atoms with E-state index in [1.807, 2.05) is 12.1 Å². The van der Waals surface area contributed by atoms with Crippen LogP contribution in [-0.4, -0.2) is 31.7 Å². The molecule has 4 aromatic rings. The van der Waals surface area contributed by atoms with Crippen molar-refractivity contribution in [2.75, 3.05) is 6.54 Å². The molecule has 3 aromatic carbocycles. The lowest BCUT2D eigenvalue weighted by molar-refractivity contribution is 0.386. The lowest BCUT2D eigenvalue weighted by Crippen LogP contribution is -2.37. The first-order chi connectivity index (χ1) is 14.9. The maximum atomic E-state index is 13.6. The van der Waals surface area contributed by atoms with Crippen molar-refractivity contribution in [2.24, 2.45) is 0 Å². The average Bonchev–Trinajstić information content (AvgIpc) is 3.14. The van der Waals surface area contributed by atoms with Crippen LogP contribution in [0.3, 0.4) is 0 Å². The molecular formula is C23H20N2O4S2. The molecule has 1 aliphatic rings. The molecule has 1 aliphatic heterocycles. The van der Waals surface area contributed by atoms with Gasteiger partial charge in [0, 0.05) is 11.9 Å². The molecule has 0 N–H and O–H groups in total. The molecule has 0 radical (unpaired) electrons. The summed E-state index contributed by atoms with van der Waals surface area (Å²) in [6.07, 6.45) is 0.444. The van der Waals surface area contributed by atoms with E-state index in [9.17, 15) is 16.8 Å². The summed E-state index contributed by atoms with van der Waals surface area (Å²) < 4.78 is 56.3. The Kier molecular flexibility index (Phi) is 4.73. The third-order valence-electron chi connectivity index (χ3n) is 5.64. The van der Waals surface area contributed by atoms with Crippen LogP contribution in [0.5, 0.6) is 0 Å². The first kappa shape index (κ1) is 20.0. The zero-order valence-electron chi connectivity index (χ0n) is 16.5. The number of para-hydroxylation sites is 1. The van der Waals surface area contributed by atoms with Crippen molar-refractivity contribution in [1.29, 1.82) is 0 Å². The lowest BCUT2D eigenvalue weighted by atomic mass is 10.1. The minimum atomic E-state index is -3.90. The van der Waals surface area contributed by atoms with E-state index in [0.29, 0.717) is 24.2 Å². The molecule has 0 aliphatic carbocycles. The molecular weight excluding hydrogens is 432 g/mol. The summed E-state index contributed by atoms with van der Waals surface area (Å²) in [5, 5.41) is 0.841. The summed E-state index contributed by atoms with van der Waals surface area (Å²) in [7, 11) is -7.65. The third-order valence-corrected chi connectivity index (χ3v) is 9.27. The van der Waals surface area contributed by atoms with Crippen LogP contribution in [0.1, 0.15) is 11.3 Å². The summed E-state index contributed by atoms with van der Waals surface area (Å²) in [5.41, 5.74) is 1.95. The van der Waals surface area contributed by atoms with Gasteiger partial charge in [0.25, 0.3) is 10.0 Å². The summed E-state index contributed by atoms with van der Waals surface area (Å²) >= 11 is 0. The third kappa shape index (κ3) is 3.18. The molecule has 0 bridgehead atoms. The fourth-order valence-electron chi connectivity index (χ4n) is 4.17. The Morgan fingerprint density at radius 1 is 0.645 bits per heavy atom. The molecule has 0 fully saturated rings. The van der Waals surface area contributed by atoms with Crippen molar-refractivity contribution in [3.63, 3.8) is 0 Å². The minimum Gasteiger partial charge on any atom is -0.236 e. The maximum absolute atomic E-state index is 13.6. The standard InChI is InChI=1S/C23H20N2O4S2/c26-30(27,18-9-3-1-4-10-18)24-16-15-21-20-13-7-8-14-22(20)25(23(21)17-24)31(28,29)19-11-5-2-6-12-19/h1-14H,15-17H2. The number of sulfonamides is 1. The van der Waals surface area contributed by atoms with E-state index >= 15 is 0 Å². The van der Waals surface area contributed by atoms with Crippen molar-refractivity contribution < 1.29 is 16.8 Å². The predicted molar refractivity (Wildman–Crippen MR) is 119 cm³/mol. The summed E-state index contributed by atoms with van der Waals surface area (Å²) in [6.45, 7) is 0.289. The molecule has 0 unspecified atom stereocenters. The zero-order valence-corrected chi connectivity index (χ0v) is 18.2. The van der Waals surface area contributed by atoms with Crippen LogP contribution in [0.25, 0.3) is 10.9 Å². The Morgan fingerprint density at radius 2 is 1.19 bits per heavy atom. The van der Waals surface area contributed by atoms with E-state index in [-0.39, 0.29) is 16.3 Å². The van der Waals surface area contributed by atoms with Crippen LogP contribution < -0.4 is 0 Å². The van der Waals surface area contributed by atoms with Gasteiger partial charge in [-0.1, -0.05) is 54.6 Å². The molecule has 0 saturated carbocycles. The second kappa shape index (κ2) is 7.33. The van der Waals surface area contributed by atoms with Crippen molar-refractivity contribution in [3.05, 3.63) is 96.2 Å². The molecule has 2 heterocycles. The van der Waals surface area contributed by atoms with Crippen LogP contribution >= 0.6 is 0 Å². The fourth-order valence-corrected chi connectivity index (χ4v) is 7.18. The van der Waals surface area contributed by atoms with Gasteiger partial charge in [0.2, 0.25) is 10.0 Å². The number of nitrogens with zero attached hydrogens (tertiary/aromatic N) is 2. The van der Waals surface area contributed by atoms with Gasteiger partial charge in [0.1, 0.15) is 0 Å². The Hall–Kier alpha value is -2.94. The largest absolute Gasteiger partial charge is 0.268 e. The van der Waals surface area contributed by atoms with Crippen LogP contribution in [0, 0.1) is 0 Å². The second-order valence-electron chi connectivity index (χ2n) is 7.43. The normalized spacial score (nSPS) is 15.1. The molecule has 31 heavy (non-hydrogen) atoms. The van der Waals surface area contributed by atoms with Gasteiger partial charge < -0.3 is 0 Å². The first-order valence-electron chi connectivity index (χ1n) is 9.88. The molecule has 8 heteroatoms. The number of benzene rings is 3. The van der Waals surface area contributed by atoms with Crippen LogP contribution in [0.15, 0.2) is 94.7 Å². The van der Waals surface area contributed by atoms with Crippen molar-refractivity contribution in [2.45, 2.75) is 22.8 Å². The zero-order chi connectivity index (χ0) is 21.6. The molecule has 0 amide bonds. The van der Waals surface area contributed by atoms with Gasteiger partial charge in [-0.3, -0.25) is 0 Å². The van der Waals surface area contributed by atoms with Crippen molar-refractivity contribution in [1.82, 2.24) is 8.28 Å². The lowest BCUT2D eigenvalue weighted by Gasteiger charge is -2.27. The Bertz CT molecular complexity index is 1480. The smallest absolute Gasteiger partial charge is 0.236 e. The van der Waals surface area contributed by atoms with E-state index in [4.69, 9.17) is 0 Å². The van der Waals surface area contributed by atoms with Crippen molar-refractivity contribution in [3.8, 4) is 0 Å². The molecule has 0 atom stereocenters. The van der Waals surface area contributed by atoms with Gasteiger partial charge in [0.15, 0.2) is 0 Å². The predicted octanol–water partition coefficient (Wildman–Crippen LogP) is 3.63. The summed E-state index contributed by atoms with van der Waals surface area (Å²) in [5.74, 6) is 0. The van der Waals surface area contributed by atoms with Crippen LogP contribution in [0.4, 0.5) is 0 Å². The number of aromatic nitrogens is 1. The maximum Gasteiger partial charge on any atom is 0.268 e. The fraction of sp³-hybridized carbons (Fsp3) is 0.130. The molecule has 0 spiro atoms. The molecule has 1 aromatic heterocycles. The molecule has 0 saturated heterocycles. The molecule has 6 nitrogen and oxygen atoms in total. The van der Waals surface area contributed by atoms with Gasteiger partial charge >= 0.3 is 0 Å². The first-order valence-corrected chi connectivity index (χ1v) is 12.8. The van der Waals surface area contributed by atoms with Crippen LogP contribution in [0.2, 0.25) is 0 Å². The minimum absolute atomic E-state index is 0.00664. The number of hydrogen-bond donors (Lipinski definition) is 0. The Morgan fingerprint density at radius 3 is 1.84 bits per heavy atom. The molecule has 5 rings (SSSR count). The van der Waals surface area contributed by atoms with Gasteiger partial charge in [-0.25, -0.2) is 20.8 Å². The number of rotatable bonds is 4. The van der Waals surface area contributed by atoms with Crippen molar-refractivity contribution >= 4 is 30.9 Å². The summed E-state index contributed by atoms with van der Waals surface area (Å²) in [6, 6.07) is 23.8. The molecule has 158 valence electrons. The Labute approximate surface area is 181 Å². The van der Waals surface area contributed by atoms with Gasteiger partial charge in [-0.2, -0.15) is 4.31 Å². The Balaban J connectivity index is 1.70. The van der Waals surface area contributed by atoms with E-state index in [1.54, 1.807) is 72.8 Å². The highest BCUT2D eigenvalue weighted by Crippen LogP contribution is 2.35. The van der Waals surface area contributed by atoms with E-state index in [0.717, 1.165) is 10.9 Å². The van der Waals surface area contributed by atoms with E-state index < -0.39 is 20.0 Å². The number of hydrogen-bond acceptors (Lipinski definition) is 4. The van der Waals surface area contributed by atoms with Gasteiger partial charge in [-0.05, 0) is 42.3 Å². The highest BCUT2D eigenvalue weighted by atomic mass is 32.2. The summed E-state index contributed by atoms with van der Waals surface area (Å²) in [4.78, 5) is 0.369. The second-order valence-corrected chi connectivity index (χ2v) is 11.2. The highest BCUT2D eigenvalue weighted by Gasteiger charge is 2.34. The quantitative estimate of drug-likeness (QED) is 0.474. The SMILES string of the molecule is O=S(=O)(c1ccccc1)N1CCc2c(n(S(=O)(=O)c3ccccc3)c3ccccc23)C1. The van der Waals surface area contributed by atoms with Crippen LogP contribution in [-0.2, 0) is 33.0 Å². The van der Waals surface area contributed by atoms with Gasteiger partial charge in [0.05, 0.1) is 27.5 Å². The average molecular weight is 453 g/mol. The monoisotopic (exact) mass is 452 g/mol. The van der Waals surface area contributed by atoms with Gasteiger partial charge in [-0.15, -0.1) is 0 Å². The van der Waals surface area contributed by atoms with E-state index in [2.05, 4.69) is 0 Å².